The van der Waals surface area contributed by atoms with E-state index < -0.39 is 0 Å². The minimum Gasteiger partial charge on any atom is -0.454 e. The Hall–Kier alpha value is -3.94. The first-order chi connectivity index (χ1) is 22.7. The largest absolute Gasteiger partial charge is 0.454 e. The van der Waals surface area contributed by atoms with E-state index in [0.29, 0.717) is 0 Å². The molecule has 0 spiro atoms. The summed E-state index contributed by atoms with van der Waals surface area (Å²) in [6, 6.07) is 12.0. The summed E-state index contributed by atoms with van der Waals surface area (Å²) in [7, 11) is 0. The van der Waals surface area contributed by atoms with Gasteiger partial charge >= 0.3 is 0 Å². The van der Waals surface area contributed by atoms with Crippen LogP contribution in [0.3, 0.4) is 0 Å². The molecule has 2 aromatic rings. The molecule has 4 aliphatic heterocycles. The second-order valence-corrected chi connectivity index (χ2v) is 13.3. The van der Waals surface area contributed by atoms with Crippen molar-refractivity contribution in [1.29, 1.82) is 0 Å². The molecule has 0 unspecified atom stereocenters. The van der Waals surface area contributed by atoms with Gasteiger partial charge in [-0.1, -0.05) is 48.9 Å². The van der Waals surface area contributed by atoms with Crippen LogP contribution in [0.5, 0.6) is 23.0 Å². The van der Waals surface area contributed by atoms with Gasteiger partial charge in [-0.05, 0) is 87.8 Å². The van der Waals surface area contributed by atoms with Crippen molar-refractivity contribution in [2.45, 2.75) is 70.1 Å². The quantitative estimate of drug-likeness (QED) is 0.210. The monoisotopic (exact) mass is 626 g/mol. The number of para-hydroxylation sites is 2. The molecule has 7 rings (SSSR count). The topological polar surface area (TPSA) is 77.5 Å². The number of hydrogen-bond donors (Lipinski definition) is 0. The predicted octanol–water partition coefficient (Wildman–Crippen LogP) is 6.94. The van der Waals surface area contributed by atoms with Crippen molar-refractivity contribution in [3.05, 3.63) is 65.8 Å². The van der Waals surface area contributed by atoms with Crippen LogP contribution >= 0.6 is 0 Å². The van der Waals surface area contributed by atoms with E-state index in [2.05, 4.69) is 29.2 Å². The molecule has 0 bridgehead atoms. The highest BCUT2D eigenvalue weighted by Gasteiger charge is 2.55. The number of piperidine rings is 2. The number of ether oxygens (including phenoxy) is 4. The summed E-state index contributed by atoms with van der Waals surface area (Å²) >= 11 is 0. The molecule has 1 aliphatic carbocycles. The molecule has 46 heavy (non-hydrogen) atoms. The first-order valence-electron chi connectivity index (χ1n) is 17.4. The molecule has 2 aromatic carbocycles. The highest BCUT2D eigenvalue weighted by Crippen LogP contribution is 2.59. The Labute approximate surface area is 272 Å². The number of hydrogen-bond acceptors (Lipinski definition) is 6. The van der Waals surface area contributed by atoms with Crippen molar-refractivity contribution >= 4 is 17.9 Å². The summed E-state index contributed by atoms with van der Waals surface area (Å²) in [5.41, 5.74) is 2.07. The Morgan fingerprint density at radius 3 is 2.20 bits per heavy atom. The van der Waals surface area contributed by atoms with Gasteiger partial charge in [-0.25, -0.2) is 0 Å². The number of allylic oxidation sites excluding steroid dienone is 2. The van der Waals surface area contributed by atoms with Gasteiger partial charge in [-0.15, -0.1) is 0 Å². The zero-order valence-electron chi connectivity index (χ0n) is 26.7. The highest BCUT2D eigenvalue weighted by atomic mass is 16.7. The summed E-state index contributed by atoms with van der Waals surface area (Å²) in [6.07, 6.45) is 18.8. The van der Waals surface area contributed by atoms with E-state index >= 15 is 0 Å². The molecule has 0 aromatic heterocycles. The number of carbonyl (C=O) groups excluding carboxylic acids is 2. The minimum absolute atomic E-state index is 0.0521. The fourth-order valence-corrected chi connectivity index (χ4v) is 8.13. The molecule has 4 heterocycles. The molecule has 3 fully saturated rings. The maximum atomic E-state index is 14.3. The number of likely N-dealkylation sites (tertiary alicyclic amines) is 2. The van der Waals surface area contributed by atoms with Crippen LogP contribution in [0.1, 0.15) is 81.3 Å². The third kappa shape index (κ3) is 6.36. The van der Waals surface area contributed by atoms with Crippen LogP contribution in [0.2, 0.25) is 0 Å². The van der Waals surface area contributed by atoms with E-state index in [0.717, 1.165) is 112 Å². The van der Waals surface area contributed by atoms with Gasteiger partial charge in [0.15, 0.2) is 23.0 Å². The van der Waals surface area contributed by atoms with Crippen molar-refractivity contribution in [2.75, 3.05) is 39.8 Å². The molecule has 244 valence electrons. The Kier molecular flexibility index (Phi) is 9.49. The molecular formula is C38H46N2O6. The third-order valence-electron chi connectivity index (χ3n) is 10.5. The van der Waals surface area contributed by atoms with Crippen molar-refractivity contribution in [3.63, 3.8) is 0 Å². The number of fused-ring (bicyclic) bond motifs is 2. The van der Waals surface area contributed by atoms with Crippen LogP contribution in [-0.2, 0) is 9.59 Å². The lowest BCUT2D eigenvalue weighted by molar-refractivity contribution is -0.146. The Morgan fingerprint density at radius 2 is 1.43 bits per heavy atom. The van der Waals surface area contributed by atoms with Crippen LogP contribution in [-0.4, -0.2) is 61.4 Å². The van der Waals surface area contributed by atoms with Gasteiger partial charge in [0.1, 0.15) is 0 Å². The van der Waals surface area contributed by atoms with Crippen LogP contribution in [0, 0.1) is 17.8 Å². The summed E-state index contributed by atoms with van der Waals surface area (Å²) < 4.78 is 22.9. The predicted molar refractivity (Wildman–Crippen MR) is 176 cm³/mol. The molecule has 2 saturated heterocycles. The molecule has 8 nitrogen and oxygen atoms in total. The number of benzene rings is 2. The molecule has 4 atom stereocenters. The van der Waals surface area contributed by atoms with E-state index in [4.69, 9.17) is 18.9 Å². The van der Waals surface area contributed by atoms with Gasteiger partial charge < -0.3 is 28.7 Å². The average Bonchev–Trinajstić information content (AvgIpc) is 3.79. The van der Waals surface area contributed by atoms with Gasteiger partial charge in [-0.3, -0.25) is 9.59 Å². The second-order valence-electron chi connectivity index (χ2n) is 13.3. The summed E-state index contributed by atoms with van der Waals surface area (Å²) in [4.78, 5) is 31.6. The normalized spacial score (nSPS) is 25.3. The van der Waals surface area contributed by atoms with Gasteiger partial charge in [-0.2, -0.15) is 0 Å². The van der Waals surface area contributed by atoms with Gasteiger partial charge in [0.2, 0.25) is 25.4 Å². The molecule has 8 heteroatoms. The maximum absolute atomic E-state index is 14.3. The fraction of sp³-hybridized carbons (Fsp3) is 0.526. The molecule has 0 N–H and O–H groups in total. The molecular weight excluding hydrogens is 580 g/mol. The van der Waals surface area contributed by atoms with Crippen molar-refractivity contribution in [1.82, 2.24) is 9.80 Å². The van der Waals surface area contributed by atoms with Crippen LogP contribution < -0.4 is 18.9 Å². The lowest BCUT2D eigenvalue weighted by Crippen LogP contribution is -2.54. The van der Waals surface area contributed by atoms with Gasteiger partial charge in [0, 0.05) is 49.1 Å². The SMILES string of the molecule is O=C(/C=C/[C@H]1[C@@H](CCCC/C=C/c2cccc3c2OCO3)[C@H](C(=O)N2CCCCC2)[C@H]1c1cccc2c1OCO2)N1CCCCC1. The average molecular weight is 627 g/mol. The fourth-order valence-electron chi connectivity index (χ4n) is 8.13. The van der Waals surface area contributed by atoms with E-state index in [1.165, 1.54) is 12.8 Å². The van der Waals surface area contributed by atoms with Gasteiger partial charge in [0.05, 0.1) is 0 Å². The minimum atomic E-state index is -0.145. The summed E-state index contributed by atoms with van der Waals surface area (Å²) in [5, 5.41) is 0. The zero-order chi connectivity index (χ0) is 31.3. The zero-order valence-corrected chi connectivity index (χ0v) is 26.7. The highest BCUT2D eigenvalue weighted by molar-refractivity contribution is 5.88. The third-order valence-corrected chi connectivity index (χ3v) is 10.5. The lowest BCUT2D eigenvalue weighted by atomic mass is 9.52. The Bertz CT molecular complexity index is 1460. The van der Waals surface area contributed by atoms with Crippen LogP contribution in [0.25, 0.3) is 6.08 Å². The number of carbonyl (C=O) groups is 2. The van der Waals surface area contributed by atoms with E-state index in [9.17, 15) is 9.59 Å². The Morgan fingerprint density at radius 1 is 0.761 bits per heavy atom. The number of amides is 2. The standard InChI is InChI=1S/C38H46N2O6/c41-33(39-21-7-3-8-22-39)20-19-29-28(15-6-2-1-5-13-27-14-11-17-31-36(27)45-25-43-31)35(38(42)40-23-9-4-10-24-40)34(29)30-16-12-18-32-37(30)46-26-44-32/h5,11-14,16-20,28-29,34-35H,1-4,6-10,15,21-26H2/b13-5+,20-19+/t28-,29+,34-,35+/m1/s1. The number of nitrogens with zero attached hydrogens (tertiary/aromatic N) is 2. The van der Waals surface area contributed by atoms with Crippen molar-refractivity contribution in [2.24, 2.45) is 17.8 Å². The Balaban J connectivity index is 1.10. The van der Waals surface area contributed by atoms with E-state index in [1.54, 1.807) is 6.08 Å². The molecule has 5 aliphatic rings. The van der Waals surface area contributed by atoms with Crippen molar-refractivity contribution < 1.29 is 28.5 Å². The van der Waals surface area contributed by atoms with Crippen LogP contribution in [0.15, 0.2) is 54.6 Å². The lowest BCUT2D eigenvalue weighted by Gasteiger charge is -2.52. The molecule has 1 saturated carbocycles. The first-order valence-corrected chi connectivity index (χ1v) is 17.4. The number of rotatable bonds is 10. The summed E-state index contributed by atoms with van der Waals surface area (Å²) in [6.45, 7) is 3.78. The van der Waals surface area contributed by atoms with Crippen molar-refractivity contribution in [3.8, 4) is 23.0 Å². The second kappa shape index (κ2) is 14.2. The van der Waals surface area contributed by atoms with Gasteiger partial charge in [0.25, 0.3) is 0 Å². The maximum Gasteiger partial charge on any atom is 0.246 e. The van der Waals surface area contributed by atoms with E-state index in [1.807, 2.05) is 35.2 Å². The smallest absolute Gasteiger partial charge is 0.246 e. The summed E-state index contributed by atoms with van der Waals surface area (Å²) in [5.74, 6) is 3.50. The molecule has 0 radical (unpaired) electrons. The molecule has 2 amide bonds. The van der Waals surface area contributed by atoms with E-state index in [-0.39, 0.29) is 49.1 Å². The number of unbranched alkanes of at least 4 members (excludes halogenated alkanes) is 2. The first kappa shape index (κ1) is 30.7. The van der Waals surface area contributed by atoms with Crippen LogP contribution in [0.4, 0.5) is 0 Å².